The second-order valence-corrected chi connectivity index (χ2v) is 4.22. The monoisotopic (exact) mass is 211 g/mol. The molecule has 0 aromatic heterocycles. The number of benzene rings is 1. The average molecular weight is 212 g/mol. The summed E-state index contributed by atoms with van der Waals surface area (Å²) in [5, 5.41) is 10.6. The first kappa shape index (κ1) is 9.97. The van der Waals surface area contributed by atoms with Crippen LogP contribution in [-0.4, -0.2) is 11.1 Å². The van der Waals surface area contributed by atoms with Gasteiger partial charge in [-0.2, -0.15) is 0 Å². The fourth-order valence-electron chi connectivity index (χ4n) is 2.03. The molecule has 0 heterocycles. The summed E-state index contributed by atoms with van der Waals surface area (Å²) in [7, 11) is 0. The van der Waals surface area contributed by atoms with Crippen molar-refractivity contribution in [2.75, 3.05) is 0 Å². The van der Waals surface area contributed by atoms with Gasteiger partial charge in [-0.25, -0.2) is 0 Å². The number of aliphatic hydroxyl groups is 1. The molecule has 0 unspecified atom stereocenters. The van der Waals surface area contributed by atoms with E-state index in [0.29, 0.717) is 5.02 Å². The van der Waals surface area contributed by atoms with Gasteiger partial charge in [-0.3, -0.25) is 0 Å². The third-order valence-corrected chi connectivity index (χ3v) is 3.16. The van der Waals surface area contributed by atoms with Crippen LogP contribution in [0.25, 0.3) is 0 Å². The molecule has 3 N–H and O–H groups in total. The second-order valence-electron chi connectivity index (χ2n) is 3.81. The van der Waals surface area contributed by atoms with Gasteiger partial charge >= 0.3 is 0 Å². The molecule has 1 aromatic carbocycles. The predicted molar refractivity (Wildman–Crippen MR) is 57.3 cm³/mol. The Bertz CT molecular complexity index is 340. The Hall–Kier alpha value is -0.570. The number of hydrogen-bond acceptors (Lipinski definition) is 2. The molecule has 1 aromatic rings. The lowest BCUT2D eigenvalue weighted by atomic mass is 9.99. The molecule has 76 valence electrons. The lowest BCUT2D eigenvalue weighted by molar-refractivity contribution is 0.144. The molecule has 1 aliphatic rings. The van der Waals surface area contributed by atoms with E-state index in [4.69, 9.17) is 17.3 Å². The predicted octanol–water partition coefficient (Wildman–Crippen LogP) is 2.04. The van der Waals surface area contributed by atoms with Crippen LogP contribution < -0.4 is 5.73 Å². The molecule has 0 saturated carbocycles. The maximum atomic E-state index is 9.98. The van der Waals surface area contributed by atoms with E-state index in [9.17, 15) is 5.11 Å². The zero-order valence-corrected chi connectivity index (χ0v) is 8.67. The van der Waals surface area contributed by atoms with Gasteiger partial charge in [0, 0.05) is 16.6 Å². The van der Waals surface area contributed by atoms with E-state index in [0.717, 1.165) is 30.4 Å². The molecule has 14 heavy (non-hydrogen) atoms. The molecule has 0 spiro atoms. The van der Waals surface area contributed by atoms with Crippen molar-refractivity contribution in [1.29, 1.82) is 0 Å². The maximum Gasteiger partial charge on any atom is 0.0957 e. The third-order valence-electron chi connectivity index (χ3n) is 2.83. The van der Waals surface area contributed by atoms with Gasteiger partial charge in [0.05, 0.1) is 6.10 Å². The zero-order chi connectivity index (χ0) is 10.1. The molecule has 0 aliphatic heterocycles. The van der Waals surface area contributed by atoms with E-state index >= 15 is 0 Å². The van der Waals surface area contributed by atoms with Crippen LogP contribution >= 0.6 is 11.6 Å². The van der Waals surface area contributed by atoms with E-state index in [1.165, 1.54) is 0 Å². The van der Waals surface area contributed by atoms with Crippen molar-refractivity contribution in [2.45, 2.75) is 31.4 Å². The summed E-state index contributed by atoms with van der Waals surface area (Å²) in [6.45, 7) is 0. The molecular weight excluding hydrogens is 198 g/mol. The van der Waals surface area contributed by atoms with E-state index in [-0.39, 0.29) is 6.04 Å². The van der Waals surface area contributed by atoms with E-state index in [2.05, 4.69) is 0 Å². The molecule has 2 rings (SSSR count). The van der Waals surface area contributed by atoms with Crippen molar-refractivity contribution >= 4 is 11.6 Å². The smallest absolute Gasteiger partial charge is 0.0957 e. The topological polar surface area (TPSA) is 46.2 Å². The zero-order valence-electron chi connectivity index (χ0n) is 7.91. The number of hydrogen-bond donors (Lipinski definition) is 2. The molecule has 3 heteroatoms. The van der Waals surface area contributed by atoms with Crippen LogP contribution in [0.4, 0.5) is 0 Å². The van der Waals surface area contributed by atoms with Crippen molar-refractivity contribution in [2.24, 2.45) is 5.73 Å². The van der Waals surface area contributed by atoms with Crippen LogP contribution in [0.15, 0.2) is 18.2 Å². The Labute approximate surface area is 88.7 Å². The summed E-state index contributed by atoms with van der Waals surface area (Å²) < 4.78 is 0. The van der Waals surface area contributed by atoms with Crippen molar-refractivity contribution in [1.82, 2.24) is 0 Å². The quantitative estimate of drug-likeness (QED) is 0.646. The lowest BCUT2D eigenvalue weighted by Gasteiger charge is -2.18. The number of nitrogens with two attached hydrogens (primary N) is 1. The average Bonchev–Trinajstić information content (AvgIpc) is 2.29. The van der Waals surface area contributed by atoms with Crippen molar-refractivity contribution < 1.29 is 5.11 Å². The summed E-state index contributed by atoms with van der Waals surface area (Å²) in [6, 6.07) is 5.56. The third kappa shape index (κ3) is 1.65. The minimum Gasteiger partial charge on any atom is -0.387 e. The van der Waals surface area contributed by atoms with Gasteiger partial charge in [-0.05, 0) is 30.9 Å². The first-order valence-corrected chi connectivity index (χ1v) is 5.29. The van der Waals surface area contributed by atoms with Crippen LogP contribution in [-0.2, 0) is 6.42 Å². The Balaban J connectivity index is 2.49. The Morgan fingerprint density at radius 1 is 1.43 bits per heavy atom. The van der Waals surface area contributed by atoms with Crippen LogP contribution in [0.1, 0.15) is 30.1 Å². The molecule has 1 aliphatic carbocycles. The fraction of sp³-hybridized carbons (Fsp3) is 0.455. The van der Waals surface area contributed by atoms with Gasteiger partial charge in [0.2, 0.25) is 0 Å². The summed E-state index contributed by atoms with van der Waals surface area (Å²) in [6.07, 6.45) is 2.22. The SMILES string of the molecule is N[C@H]1CCCc2cccc(Cl)c2[C@H]1O. The molecule has 0 bridgehead atoms. The van der Waals surface area contributed by atoms with Crippen molar-refractivity contribution in [3.8, 4) is 0 Å². The van der Waals surface area contributed by atoms with Gasteiger partial charge in [-0.1, -0.05) is 23.7 Å². The Kier molecular flexibility index (Phi) is 2.77. The van der Waals surface area contributed by atoms with Gasteiger partial charge in [0.15, 0.2) is 0 Å². The number of fused-ring (bicyclic) bond motifs is 1. The molecular formula is C11H14ClNO. The second kappa shape index (κ2) is 3.89. The first-order valence-electron chi connectivity index (χ1n) is 4.91. The van der Waals surface area contributed by atoms with Crippen LogP contribution in [0.2, 0.25) is 5.02 Å². The molecule has 0 fully saturated rings. The number of aliphatic hydroxyl groups excluding tert-OH is 1. The van der Waals surface area contributed by atoms with Crippen LogP contribution in [0.5, 0.6) is 0 Å². The van der Waals surface area contributed by atoms with Crippen molar-refractivity contribution in [3.63, 3.8) is 0 Å². The van der Waals surface area contributed by atoms with Gasteiger partial charge in [0.1, 0.15) is 0 Å². The number of aryl methyl sites for hydroxylation is 1. The highest BCUT2D eigenvalue weighted by molar-refractivity contribution is 6.31. The molecule has 0 radical (unpaired) electrons. The summed E-state index contributed by atoms with van der Waals surface area (Å²) >= 11 is 6.06. The van der Waals surface area contributed by atoms with Crippen LogP contribution in [0, 0.1) is 0 Å². The Morgan fingerprint density at radius 3 is 3.00 bits per heavy atom. The first-order chi connectivity index (χ1) is 6.70. The number of halogens is 1. The minimum atomic E-state index is -0.610. The van der Waals surface area contributed by atoms with E-state index in [1.54, 1.807) is 0 Å². The largest absolute Gasteiger partial charge is 0.387 e. The molecule has 0 saturated heterocycles. The molecule has 2 nitrogen and oxygen atoms in total. The van der Waals surface area contributed by atoms with E-state index in [1.807, 2.05) is 18.2 Å². The summed E-state index contributed by atoms with van der Waals surface area (Å²) in [5.74, 6) is 0. The highest BCUT2D eigenvalue weighted by atomic mass is 35.5. The highest BCUT2D eigenvalue weighted by Crippen LogP contribution is 2.33. The molecule has 0 amide bonds. The van der Waals surface area contributed by atoms with Crippen LogP contribution in [0.3, 0.4) is 0 Å². The standard InChI is InChI=1S/C11H14ClNO/c12-8-5-1-3-7-4-2-6-9(13)11(14)10(7)8/h1,3,5,9,11,14H,2,4,6,13H2/t9-,11-/m0/s1. The number of rotatable bonds is 0. The van der Waals surface area contributed by atoms with Gasteiger partial charge in [0.25, 0.3) is 0 Å². The van der Waals surface area contributed by atoms with Crippen molar-refractivity contribution in [3.05, 3.63) is 34.3 Å². The highest BCUT2D eigenvalue weighted by Gasteiger charge is 2.24. The Morgan fingerprint density at radius 2 is 2.21 bits per heavy atom. The summed E-state index contributed by atoms with van der Waals surface area (Å²) in [4.78, 5) is 0. The minimum absolute atomic E-state index is 0.184. The summed E-state index contributed by atoms with van der Waals surface area (Å²) in [5.41, 5.74) is 7.82. The normalized spacial score (nSPS) is 26.8. The van der Waals surface area contributed by atoms with Gasteiger partial charge in [-0.15, -0.1) is 0 Å². The van der Waals surface area contributed by atoms with Gasteiger partial charge < -0.3 is 10.8 Å². The maximum absolute atomic E-state index is 9.98. The fourth-order valence-corrected chi connectivity index (χ4v) is 2.34. The lowest BCUT2D eigenvalue weighted by Crippen LogP contribution is -2.27. The molecule has 2 atom stereocenters. The van der Waals surface area contributed by atoms with E-state index < -0.39 is 6.10 Å².